The topological polar surface area (TPSA) is 92.3 Å². The molecule has 0 aliphatic heterocycles. The number of halogens is 1. The number of nitrogens with one attached hydrogen (secondary N) is 2. The Morgan fingerprint density at radius 3 is 2.14 bits per heavy atom. The Hall–Kier alpha value is -1.96. The standard InChI is InChI=1S/C13H17FN2O4S/c1-9(2)15-12(17)7-21(19,20)8-13(18)16-11-5-3-10(14)4-6-11/h3-6,9H,7-8H2,1-2H3,(H,15,17)(H,16,18). The Labute approximate surface area is 122 Å². The normalized spacial score (nSPS) is 11.2. The van der Waals surface area contributed by atoms with Crippen molar-refractivity contribution in [1.29, 1.82) is 0 Å². The van der Waals surface area contributed by atoms with Crippen LogP contribution < -0.4 is 10.6 Å². The third-order valence-electron chi connectivity index (χ3n) is 2.28. The van der Waals surface area contributed by atoms with Crippen LogP contribution in [0.2, 0.25) is 0 Å². The number of anilines is 1. The number of rotatable bonds is 6. The minimum Gasteiger partial charge on any atom is -0.353 e. The minimum atomic E-state index is -3.85. The number of sulfone groups is 1. The molecule has 0 spiro atoms. The molecular formula is C13H17FN2O4S. The zero-order valence-electron chi connectivity index (χ0n) is 11.7. The van der Waals surface area contributed by atoms with Gasteiger partial charge in [-0.15, -0.1) is 0 Å². The zero-order valence-corrected chi connectivity index (χ0v) is 12.5. The van der Waals surface area contributed by atoms with Crippen LogP contribution in [0.3, 0.4) is 0 Å². The van der Waals surface area contributed by atoms with E-state index in [0.717, 1.165) is 12.1 Å². The lowest BCUT2D eigenvalue weighted by molar-refractivity contribution is -0.119. The SMILES string of the molecule is CC(C)NC(=O)CS(=O)(=O)CC(=O)Nc1ccc(F)cc1. The number of hydrogen-bond donors (Lipinski definition) is 2. The summed E-state index contributed by atoms with van der Waals surface area (Å²) in [5.74, 6) is -3.46. The molecule has 0 atom stereocenters. The molecule has 0 bridgehead atoms. The summed E-state index contributed by atoms with van der Waals surface area (Å²) in [6.45, 7) is 3.40. The lowest BCUT2D eigenvalue weighted by Gasteiger charge is -2.09. The highest BCUT2D eigenvalue weighted by molar-refractivity contribution is 7.92. The van der Waals surface area contributed by atoms with Crippen molar-refractivity contribution in [3.63, 3.8) is 0 Å². The Morgan fingerprint density at radius 1 is 1.10 bits per heavy atom. The van der Waals surface area contributed by atoms with Crippen molar-refractivity contribution in [2.24, 2.45) is 0 Å². The number of hydrogen-bond acceptors (Lipinski definition) is 4. The van der Waals surface area contributed by atoms with Crippen LogP contribution in [0.1, 0.15) is 13.8 Å². The van der Waals surface area contributed by atoms with E-state index in [1.165, 1.54) is 12.1 Å². The van der Waals surface area contributed by atoms with Gasteiger partial charge in [0.25, 0.3) is 0 Å². The molecule has 0 fully saturated rings. The van der Waals surface area contributed by atoms with Crippen molar-refractivity contribution in [2.75, 3.05) is 16.8 Å². The van der Waals surface area contributed by atoms with Crippen LogP contribution in [-0.4, -0.2) is 37.8 Å². The van der Waals surface area contributed by atoms with Gasteiger partial charge in [0.2, 0.25) is 11.8 Å². The molecule has 0 saturated carbocycles. The maximum atomic E-state index is 12.7. The zero-order chi connectivity index (χ0) is 16.0. The monoisotopic (exact) mass is 316 g/mol. The van der Waals surface area contributed by atoms with Gasteiger partial charge >= 0.3 is 0 Å². The molecule has 0 aromatic heterocycles. The fourth-order valence-electron chi connectivity index (χ4n) is 1.54. The molecule has 0 heterocycles. The van der Waals surface area contributed by atoms with Crippen molar-refractivity contribution in [1.82, 2.24) is 5.32 Å². The summed E-state index contributed by atoms with van der Waals surface area (Å²) >= 11 is 0. The average molecular weight is 316 g/mol. The predicted molar refractivity (Wildman–Crippen MR) is 77.0 cm³/mol. The summed E-state index contributed by atoms with van der Waals surface area (Å²) < 4.78 is 36.1. The molecule has 6 nitrogen and oxygen atoms in total. The maximum Gasteiger partial charge on any atom is 0.239 e. The van der Waals surface area contributed by atoms with Crippen molar-refractivity contribution >= 4 is 27.3 Å². The molecule has 1 aromatic carbocycles. The molecule has 1 aromatic rings. The highest BCUT2D eigenvalue weighted by atomic mass is 32.2. The van der Waals surface area contributed by atoms with Crippen LogP contribution in [0.4, 0.5) is 10.1 Å². The van der Waals surface area contributed by atoms with E-state index in [-0.39, 0.29) is 11.7 Å². The molecular weight excluding hydrogens is 299 g/mol. The van der Waals surface area contributed by atoms with Gasteiger partial charge in [-0.1, -0.05) is 0 Å². The first-order valence-electron chi connectivity index (χ1n) is 6.23. The fraction of sp³-hybridized carbons (Fsp3) is 0.385. The molecule has 8 heteroatoms. The third kappa shape index (κ3) is 6.84. The van der Waals surface area contributed by atoms with Gasteiger partial charge in [0.1, 0.15) is 17.3 Å². The lowest BCUT2D eigenvalue weighted by atomic mass is 10.3. The Balaban J connectivity index is 2.56. The van der Waals surface area contributed by atoms with Gasteiger partial charge in [-0.3, -0.25) is 9.59 Å². The van der Waals surface area contributed by atoms with Crippen LogP contribution in [0.25, 0.3) is 0 Å². The molecule has 0 saturated heterocycles. The molecule has 0 unspecified atom stereocenters. The summed E-state index contributed by atoms with van der Waals surface area (Å²) in [7, 11) is -3.85. The van der Waals surface area contributed by atoms with E-state index in [1.54, 1.807) is 13.8 Å². The van der Waals surface area contributed by atoms with Crippen molar-refractivity contribution < 1.29 is 22.4 Å². The summed E-state index contributed by atoms with van der Waals surface area (Å²) in [5.41, 5.74) is 0.281. The molecule has 0 radical (unpaired) electrons. The van der Waals surface area contributed by atoms with Gasteiger partial charge in [0.15, 0.2) is 9.84 Å². The highest BCUT2D eigenvalue weighted by Gasteiger charge is 2.21. The lowest BCUT2D eigenvalue weighted by Crippen LogP contribution is -2.37. The van der Waals surface area contributed by atoms with Crippen LogP contribution in [-0.2, 0) is 19.4 Å². The van der Waals surface area contributed by atoms with Crippen molar-refractivity contribution in [3.8, 4) is 0 Å². The van der Waals surface area contributed by atoms with E-state index in [2.05, 4.69) is 10.6 Å². The smallest absolute Gasteiger partial charge is 0.239 e. The van der Waals surface area contributed by atoms with Crippen LogP contribution in [0.15, 0.2) is 24.3 Å². The Bertz CT molecular complexity index is 612. The first kappa shape index (κ1) is 17.1. The molecule has 0 aliphatic carbocycles. The van der Waals surface area contributed by atoms with E-state index in [1.807, 2.05) is 0 Å². The van der Waals surface area contributed by atoms with Crippen molar-refractivity contribution in [2.45, 2.75) is 19.9 Å². The molecule has 1 rings (SSSR count). The molecule has 2 amide bonds. The molecule has 0 aliphatic rings. The fourth-order valence-corrected chi connectivity index (χ4v) is 2.60. The van der Waals surface area contributed by atoms with E-state index in [4.69, 9.17) is 0 Å². The van der Waals surface area contributed by atoms with Crippen LogP contribution in [0.5, 0.6) is 0 Å². The largest absolute Gasteiger partial charge is 0.353 e. The minimum absolute atomic E-state index is 0.180. The second kappa shape index (κ2) is 7.16. The summed E-state index contributed by atoms with van der Waals surface area (Å²) in [4.78, 5) is 23.0. The average Bonchev–Trinajstić information content (AvgIpc) is 2.29. The molecule has 2 N–H and O–H groups in total. The van der Waals surface area contributed by atoms with Crippen LogP contribution in [0, 0.1) is 5.82 Å². The summed E-state index contributed by atoms with van der Waals surface area (Å²) in [5, 5.41) is 4.76. The van der Waals surface area contributed by atoms with Gasteiger partial charge in [-0.05, 0) is 38.1 Å². The van der Waals surface area contributed by atoms with Gasteiger partial charge < -0.3 is 10.6 Å². The number of carbonyl (C=O) groups is 2. The Morgan fingerprint density at radius 2 is 1.62 bits per heavy atom. The van der Waals surface area contributed by atoms with Crippen LogP contribution >= 0.6 is 0 Å². The molecule has 21 heavy (non-hydrogen) atoms. The van der Waals surface area contributed by atoms with Gasteiger partial charge in [0.05, 0.1) is 0 Å². The number of benzene rings is 1. The first-order valence-corrected chi connectivity index (χ1v) is 8.05. The second-order valence-corrected chi connectivity index (χ2v) is 6.87. The quantitative estimate of drug-likeness (QED) is 0.808. The highest BCUT2D eigenvalue weighted by Crippen LogP contribution is 2.08. The second-order valence-electron chi connectivity index (χ2n) is 4.81. The van der Waals surface area contributed by atoms with Gasteiger partial charge in [0, 0.05) is 11.7 Å². The van der Waals surface area contributed by atoms with Crippen molar-refractivity contribution in [3.05, 3.63) is 30.1 Å². The van der Waals surface area contributed by atoms with Gasteiger partial charge in [-0.25, -0.2) is 12.8 Å². The number of amides is 2. The van der Waals surface area contributed by atoms with Gasteiger partial charge in [-0.2, -0.15) is 0 Å². The van der Waals surface area contributed by atoms with E-state index >= 15 is 0 Å². The number of carbonyl (C=O) groups excluding carboxylic acids is 2. The summed E-state index contributed by atoms with van der Waals surface area (Å²) in [6, 6.07) is 4.72. The summed E-state index contributed by atoms with van der Waals surface area (Å²) in [6.07, 6.45) is 0. The van der Waals surface area contributed by atoms with E-state index in [0.29, 0.717) is 0 Å². The molecule has 116 valence electrons. The first-order chi connectivity index (χ1) is 9.68. The third-order valence-corrected chi connectivity index (χ3v) is 3.68. The predicted octanol–water partition coefficient (Wildman–Crippen LogP) is 0.704. The Kier molecular flexibility index (Phi) is 5.83. The maximum absolute atomic E-state index is 12.7. The van der Waals surface area contributed by atoms with E-state index < -0.39 is 39.0 Å². The van der Waals surface area contributed by atoms with E-state index in [9.17, 15) is 22.4 Å².